The molecule has 1 saturated heterocycles. The molecule has 0 bridgehead atoms. The van der Waals surface area contributed by atoms with E-state index in [0.717, 1.165) is 50.6 Å². The largest absolute Gasteiger partial charge is 0.496 e. The van der Waals surface area contributed by atoms with E-state index in [1.54, 1.807) is 7.11 Å². The number of nitrogens with zero attached hydrogens (tertiary/aromatic N) is 2. The summed E-state index contributed by atoms with van der Waals surface area (Å²) in [4.78, 5) is 18.7. The molecule has 1 aliphatic carbocycles. The lowest BCUT2D eigenvalue weighted by Crippen LogP contribution is -2.49. The van der Waals surface area contributed by atoms with Crippen molar-refractivity contribution in [2.75, 3.05) is 33.8 Å². The van der Waals surface area contributed by atoms with Gasteiger partial charge in [-0.1, -0.05) is 44.9 Å². The highest BCUT2D eigenvalue weighted by atomic mass is 127. The fourth-order valence-electron chi connectivity index (χ4n) is 4.76. The van der Waals surface area contributed by atoms with Crippen LogP contribution in [0.1, 0.15) is 51.5 Å². The Balaban J connectivity index is 0.00000320. The van der Waals surface area contributed by atoms with Gasteiger partial charge >= 0.3 is 0 Å². The molecular weight excluding hydrogens is 491 g/mol. The van der Waals surface area contributed by atoms with Gasteiger partial charge in [0.05, 0.1) is 7.11 Å². The molecule has 3 rings (SSSR count). The zero-order valence-electron chi connectivity index (χ0n) is 18.7. The predicted octanol–water partition coefficient (Wildman–Crippen LogP) is 3.55. The van der Waals surface area contributed by atoms with Crippen LogP contribution >= 0.6 is 24.0 Å². The Morgan fingerprint density at radius 3 is 2.63 bits per heavy atom. The highest BCUT2D eigenvalue weighted by Crippen LogP contribution is 2.44. The van der Waals surface area contributed by atoms with Gasteiger partial charge in [-0.05, 0) is 25.3 Å². The van der Waals surface area contributed by atoms with Gasteiger partial charge in [-0.15, -0.1) is 24.0 Å². The van der Waals surface area contributed by atoms with Crippen LogP contribution in [0.15, 0.2) is 29.3 Å². The number of likely N-dealkylation sites (tertiary alicyclic amines) is 1. The number of ether oxygens (including phenoxy) is 1. The van der Waals surface area contributed by atoms with Crippen LogP contribution in [-0.4, -0.2) is 56.6 Å². The number of guanidine groups is 1. The Morgan fingerprint density at radius 2 is 2.00 bits per heavy atom. The van der Waals surface area contributed by atoms with Gasteiger partial charge in [0.25, 0.3) is 0 Å². The van der Waals surface area contributed by atoms with Crippen molar-refractivity contribution in [2.45, 2.75) is 57.4 Å². The fourth-order valence-corrected chi connectivity index (χ4v) is 4.76. The monoisotopic (exact) mass is 528 g/mol. The van der Waals surface area contributed by atoms with Crippen LogP contribution in [-0.2, 0) is 10.2 Å². The molecule has 0 spiro atoms. The van der Waals surface area contributed by atoms with E-state index < -0.39 is 0 Å². The predicted molar refractivity (Wildman–Crippen MR) is 133 cm³/mol. The molecule has 1 aromatic carbocycles. The van der Waals surface area contributed by atoms with E-state index in [-0.39, 0.29) is 47.3 Å². The van der Waals surface area contributed by atoms with Crippen molar-refractivity contribution in [3.05, 3.63) is 29.8 Å². The van der Waals surface area contributed by atoms with Gasteiger partial charge in [0.2, 0.25) is 5.91 Å². The van der Waals surface area contributed by atoms with Crippen molar-refractivity contribution in [3.8, 4) is 5.75 Å². The first-order chi connectivity index (χ1) is 14.0. The summed E-state index contributed by atoms with van der Waals surface area (Å²) in [6, 6.07) is 8.64. The second-order valence-electron chi connectivity index (χ2n) is 8.68. The highest BCUT2D eigenvalue weighted by Gasteiger charge is 2.38. The summed E-state index contributed by atoms with van der Waals surface area (Å²) in [5, 5.41) is 7.10. The van der Waals surface area contributed by atoms with Crippen LogP contribution in [0, 0.1) is 5.92 Å². The quantitative estimate of drug-likeness (QED) is 0.337. The van der Waals surface area contributed by atoms with Gasteiger partial charge in [0, 0.05) is 49.6 Å². The molecule has 30 heavy (non-hydrogen) atoms. The third kappa shape index (κ3) is 5.59. The van der Waals surface area contributed by atoms with Crippen molar-refractivity contribution in [1.29, 1.82) is 0 Å². The molecule has 1 aromatic rings. The summed E-state index contributed by atoms with van der Waals surface area (Å²) < 4.78 is 5.67. The molecule has 2 N–H and O–H groups in total. The molecule has 1 amide bonds. The summed E-state index contributed by atoms with van der Waals surface area (Å²) in [5.41, 5.74) is 1.36. The maximum atomic E-state index is 12.2. The van der Waals surface area contributed by atoms with Crippen LogP contribution in [0.4, 0.5) is 0 Å². The van der Waals surface area contributed by atoms with Crippen molar-refractivity contribution in [3.63, 3.8) is 0 Å². The van der Waals surface area contributed by atoms with E-state index in [9.17, 15) is 4.79 Å². The molecule has 2 fully saturated rings. The number of amides is 1. The summed E-state index contributed by atoms with van der Waals surface area (Å²) >= 11 is 0. The molecule has 0 radical (unpaired) electrons. The van der Waals surface area contributed by atoms with Gasteiger partial charge in [-0.2, -0.15) is 0 Å². The zero-order valence-corrected chi connectivity index (χ0v) is 21.1. The summed E-state index contributed by atoms with van der Waals surface area (Å²) in [7, 11) is 3.56. The number of carbonyl (C=O) groups is 1. The molecule has 0 aromatic heterocycles. The van der Waals surface area contributed by atoms with Gasteiger partial charge in [-0.3, -0.25) is 9.79 Å². The van der Waals surface area contributed by atoms with Crippen molar-refractivity contribution in [1.82, 2.24) is 15.5 Å². The standard InChI is InChI=1S/C23H36N4O2.HI/c1-17(2)21(28)27-14-11-18(15-27)26-22(24-3)25-16-23(12-7-8-13-23)19-9-5-6-10-20(19)29-4;/h5-6,9-10,17-18H,7-8,11-16H2,1-4H3,(H2,24,25,26);1H. The van der Waals surface area contributed by atoms with Gasteiger partial charge in [-0.25, -0.2) is 0 Å². The molecule has 1 heterocycles. The van der Waals surface area contributed by atoms with E-state index in [4.69, 9.17) is 4.74 Å². The molecule has 1 atom stereocenters. The topological polar surface area (TPSA) is 66.0 Å². The average Bonchev–Trinajstić information content (AvgIpc) is 3.40. The second-order valence-corrected chi connectivity index (χ2v) is 8.68. The van der Waals surface area contributed by atoms with E-state index in [1.165, 1.54) is 18.4 Å². The number of halogens is 1. The van der Waals surface area contributed by atoms with Crippen LogP contribution in [0.3, 0.4) is 0 Å². The molecular formula is C23H37IN4O2. The SMILES string of the molecule is CN=C(NCC1(c2ccccc2OC)CCCC1)NC1CCN(C(=O)C(C)C)C1.I. The van der Waals surface area contributed by atoms with Crippen LogP contribution in [0.25, 0.3) is 0 Å². The molecule has 6 nitrogen and oxygen atoms in total. The highest BCUT2D eigenvalue weighted by molar-refractivity contribution is 14.0. The van der Waals surface area contributed by atoms with E-state index in [0.29, 0.717) is 0 Å². The Bertz CT molecular complexity index is 732. The first-order valence-corrected chi connectivity index (χ1v) is 10.9. The molecule has 2 aliphatic rings. The third-order valence-corrected chi connectivity index (χ3v) is 6.39. The lowest BCUT2D eigenvalue weighted by molar-refractivity contribution is -0.133. The number of benzene rings is 1. The first-order valence-electron chi connectivity index (χ1n) is 10.9. The smallest absolute Gasteiger partial charge is 0.225 e. The van der Waals surface area contributed by atoms with E-state index in [2.05, 4.69) is 33.8 Å². The average molecular weight is 528 g/mol. The zero-order chi connectivity index (χ0) is 20.9. The van der Waals surface area contributed by atoms with Crippen LogP contribution < -0.4 is 15.4 Å². The van der Waals surface area contributed by atoms with Crippen molar-refractivity contribution < 1.29 is 9.53 Å². The summed E-state index contributed by atoms with van der Waals surface area (Å²) in [5.74, 6) is 2.07. The number of para-hydroxylation sites is 1. The number of carbonyl (C=O) groups excluding carboxylic acids is 1. The Kier molecular flexibility index (Phi) is 9.25. The molecule has 1 aliphatic heterocycles. The molecule has 1 saturated carbocycles. The molecule has 1 unspecified atom stereocenters. The number of aliphatic imine (C=N–C) groups is 1. The lowest BCUT2D eigenvalue weighted by atomic mass is 9.78. The summed E-state index contributed by atoms with van der Waals surface area (Å²) in [6.45, 7) is 6.31. The third-order valence-electron chi connectivity index (χ3n) is 6.39. The normalized spacial score (nSPS) is 20.8. The Labute approximate surface area is 198 Å². The minimum atomic E-state index is 0. The number of methoxy groups -OCH3 is 1. The van der Waals surface area contributed by atoms with Crippen LogP contribution in [0.2, 0.25) is 0 Å². The number of rotatable bonds is 6. The van der Waals surface area contributed by atoms with Gasteiger partial charge < -0.3 is 20.3 Å². The van der Waals surface area contributed by atoms with Crippen molar-refractivity contribution in [2.24, 2.45) is 10.9 Å². The molecule has 168 valence electrons. The maximum absolute atomic E-state index is 12.2. The lowest BCUT2D eigenvalue weighted by Gasteiger charge is -2.32. The van der Waals surface area contributed by atoms with Gasteiger partial charge in [0.1, 0.15) is 5.75 Å². The van der Waals surface area contributed by atoms with E-state index in [1.807, 2.05) is 31.9 Å². The second kappa shape index (κ2) is 11.2. The number of hydrogen-bond acceptors (Lipinski definition) is 3. The number of nitrogens with one attached hydrogen (secondary N) is 2. The fraction of sp³-hybridized carbons (Fsp3) is 0.652. The number of hydrogen-bond donors (Lipinski definition) is 2. The van der Waals surface area contributed by atoms with Crippen LogP contribution in [0.5, 0.6) is 5.75 Å². The minimum absolute atomic E-state index is 0. The maximum Gasteiger partial charge on any atom is 0.225 e. The van der Waals surface area contributed by atoms with E-state index >= 15 is 0 Å². The Morgan fingerprint density at radius 1 is 1.30 bits per heavy atom. The molecule has 7 heteroatoms. The Hall–Kier alpha value is -1.51. The first kappa shape index (κ1) is 24.8. The van der Waals surface area contributed by atoms with Crippen molar-refractivity contribution >= 4 is 35.8 Å². The minimum Gasteiger partial charge on any atom is -0.496 e. The summed E-state index contributed by atoms with van der Waals surface area (Å²) in [6.07, 6.45) is 5.73. The van der Waals surface area contributed by atoms with Gasteiger partial charge in [0.15, 0.2) is 5.96 Å².